The minimum atomic E-state index is -0.905. The number of aliphatic hydroxyl groups is 1. The Morgan fingerprint density at radius 1 is 1.44 bits per heavy atom. The van der Waals surface area contributed by atoms with Gasteiger partial charge in [0.1, 0.15) is 5.75 Å². The van der Waals surface area contributed by atoms with Gasteiger partial charge in [-0.15, -0.1) is 0 Å². The van der Waals surface area contributed by atoms with E-state index in [1.54, 1.807) is 13.8 Å². The second-order valence-electron chi connectivity index (χ2n) is 4.88. The summed E-state index contributed by atoms with van der Waals surface area (Å²) >= 11 is 0. The van der Waals surface area contributed by atoms with E-state index in [4.69, 9.17) is 4.74 Å². The van der Waals surface area contributed by atoms with Crippen LogP contribution in [0.2, 0.25) is 0 Å². The molecule has 0 aromatic heterocycles. The van der Waals surface area contributed by atoms with E-state index in [0.717, 1.165) is 6.42 Å². The molecular formula is C14H21NO3. The van der Waals surface area contributed by atoms with Gasteiger partial charge in [-0.3, -0.25) is 4.79 Å². The van der Waals surface area contributed by atoms with E-state index in [0.29, 0.717) is 5.75 Å². The van der Waals surface area contributed by atoms with Gasteiger partial charge in [0, 0.05) is 6.54 Å². The molecule has 0 fully saturated rings. The first kappa shape index (κ1) is 14.5. The highest BCUT2D eigenvalue weighted by atomic mass is 16.5. The number of ether oxygens (including phenoxy) is 1. The van der Waals surface area contributed by atoms with Crippen molar-refractivity contribution in [1.29, 1.82) is 0 Å². The Morgan fingerprint density at radius 2 is 2.17 bits per heavy atom. The Bertz CT molecular complexity index is 396. The molecule has 0 saturated heterocycles. The van der Waals surface area contributed by atoms with Gasteiger partial charge in [0.15, 0.2) is 6.61 Å². The van der Waals surface area contributed by atoms with E-state index in [-0.39, 0.29) is 19.1 Å². The van der Waals surface area contributed by atoms with Crippen molar-refractivity contribution in [2.45, 2.75) is 32.8 Å². The van der Waals surface area contributed by atoms with Gasteiger partial charge in [0.05, 0.1) is 5.60 Å². The van der Waals surface area contributed by atoms with Crippen molar-refractivity contribution >= 4 is 5.91 Å². The summed E-state index contributed by atoms with van der Waals surface area (Å²) in [6.45, 7) is 5.51. The van der Waals surface area contributed by atoms with Gasteiger partial charge in [0.25, 0.3) is 5.91 Å². The van der Waals surface area contributed by atoms with Gasteiger partial charge >= 0.3 is 0 Å². The highest BCUT2D eigenvalue weighted by Gasteiger charge is 2.13. The van der Waals surface area contributed by atoms with E-state index in [2.05, 4.69) is 12.2 Å². The van der Waals surface area contributed by atoms with Crippen LogP contribution in [0.4, 0.5) is 0 Å². The molecule has 0 atom stereocenters. The molecule has 0 aliphatic rings. The summed E-state index contributed by atoms with van der Waals surface area (Å²) in [4.78, 5) is 11.5. The fraction of sp³-hybridized carbons (Fsp3) is 0.500. The van der Waals surface area contributed by atoms with Crippen molar-refractivity contribution in [1.82, 2.24) is 5.32 Å². The number of aryl methyl sites for hydroxylation is 1. The highest BCUT2D eigenvalue weighted by Crippen LogP contribution is 2.13. The van der Waals surface area contributed by atoms with Crippen LogP contribution >= 0.6 is 0 Å². The average molecular weight is 251 g/mol. The predicted molar refractivity (Wildman–Crippen MR) is 70.6 cm³/mol. The maximum absolute atomic E-state index is 11.5. The van der Waals surface area contributed by atoms with Gasteiger partial charge in [-0.25, -0.2) is 0 Å². The summed E-state index contributed by atoms with van der Waals surface area (Å²) in [5.74, 6) is 0.451. The van der Waals surface area contributed by atoms with Crippen molar-refractivity contribution in [3.05, 3.63) is 29.8 Å². The molecule has 1 rings (SSSR count). The van der Waals surface area contributed by atoms with Gasteiger partial charge in [-0.2, -0.15) is 0 Å². The molecule has 0 heterocycles. The van der Waals surface area contributed by atoms with Crippen molar-refractivity contribution in [3.63, 3.8) is 0 Å². The Labute approximate surface area is 108 Å². The first-order valence-corrected chi connectivity index (χ1v) is 6.11. The lowest BCUT2D eigenvalue weighted by atomic mass is 10.1. The third-order valence-corrected chi connectivity index (χ3v) is 2.39. The first-order chi connectivity index (χ1) is 8.40. The van der Waals surface area contributed by atoms with Crippen LogP contribution in [-0.4, -0.2) is 29.8 Å². The SMILES string of the molecule is CCc1cccc(OCC(=O)NCC(C)(C)O)c1. The minimum absolute atomic E-state index is 0.0384. The van der Waals surface area contributed by atoms with Crippen molar-refractivity contribution in [2.24, 2.45) is 0 Å². The normalized spacial score (nSPS) is 11.1. The Kier molecular flexibility index (Phi) is 5.16. The van der Waals surface area contributed by atoms with Crippen LogP contribution < -0.4 is 10.1 Å². The maximum Gasteiger partial charge on any atom is 0.258 e. The second-order valence-corrected chi connectivity index (χ2v) is 4.88. The molecule has 18 heavy (non-hydrogen) atoms. The number of nitrogens with one attached hydrogen (secondary N) is 1. The van der Waals surface area contributed by atoms with Crippen LogP contribution in [0.5, 0.6) is 5.75 Å². The summed E-state index contributed by atoms with van der Waals surface area (Å²) in [5, 5.41) is 12.1. The minimum Gasteiger partial charge on any atom is -0.484 e. The fourth-order valence-corrected chi connectivity index (χ4v) is 1.37. The lowest BCUT2D eigenvalue weighted by Gasteiger charge is -2.17. The predicted octanol–water partition coefficient (Wildman–Crippen LogP) is 1.51. The second kappa shape index (κ2) is 6.40. The van der Waals surface area contributed by atoms with E-state index in [1.807, 2.05) is 24.3 Å². The van der Waals surface area contributed by atoms with Gasteiger partial charge in [0.2, 0.25) is 0 Å². The van der Waals surface area contributed by atoms with Crippen LogP contribution in [0.25, 0.3) is 0 Å². The summed E-state index contributed by atoms with van der Waals surface area (Å²) in [6.07, 6.45) is 0.933. The molecule has 2 N–H and O–H groups in total. The first-order valence-electron chi connectivity index (χ1n) is 6.11. The molecule has 0 radical (unpaired) electrons. The van der Waals surface area contributed by atoms with Crippen LogP contribution in [0.15, 0.2) is 24.3 Å². The number of carbonyl (C=O) groups excluding carboxylic acids is 1. The van der Waals surface area contributed by atoms with Crippen molar-refractivity contribution < 1.29 is 14.6 Å². The van der Waals surface area contributed by atoms with Gasteiger partial charge in [-0.1, -0.05) is 19.1 Å². The number of hydrogen-bond acceptors (Lipinski definition) is 3. The Balaban J connectivity index is 2.38. The molecule has 1 aromatic carbocycles. The van der Waals surface area contributed by atoms with Crippen LogP contribution in [0, 0.1) is 0 Å². The lowest BCUT2D eigenvalue weighted by Crippen LogP contribution is -2.40. The maximum atomic E-state index is 11.5. The molecule has 100 valence electrons. The zero-order valence-electron chi connectivity index (χ0n) is 11.2. The number of benzene rings is 1. The zero-order chi connectivity index (χ0) is 13.6. The Hall–Kier alpha value is -1.55. The largest absolute Gasteiger partial charge is 0.484 e. The molecule has 0 aliphatic heterocycles. The Morgan fingerprint density at radius 3 is 2.78 bits per heavy atom. The summed E-state index contributed by atoms with van der Waals surface area (Å²) in [7, 11) is 0. The number of carbonyl (C=O) groups is 1. The average Bonchev–Trinajstić information content (AvgIpc) is 2.33. The topological polar surface area (TPSA) is 58.6 Å². The zero-order valence-corrected chi connectivity index (χ0v) is 11.2. The quantitative estimate of drug-likeness (QED) is 0.806. The third kappa shape index (κ3) is 5.68. The van der Waals surface area contributed by atoms with E-state index < -0.39 is 5.60 Å². The lowest BCUT2D eigenvalue weighted by molar-refractivity contribution is -0.124. The fourth-order valence-electron chi connectivity index (χ4n) is 1.37. The monoisotopic (exact) mass is 251 g/mol. The molecule has 0 aliphatic carbocycles. The van der Waals surface area contributed by atoms with Gasteiger partial charge < -0.3 is 15.2 Å². The molecule has 0 bridgehead atoms. The molecule has 4 heteroatoms. The van der Waals surface area contributed by atoms with E-state index in [9.17, 15) is 9.90 Å². The molecule has 1 amide bonds. The summed E-state index contributed by atoms with van der Waals surface area (Å²) in [6, 6.07) is 7.66. The number of amides is 1. The molecule has 0 saturated carbocycles. The van der Waals surface area contributed by atoms with Crippen LogP contribution in [-0.2, 0) is 11.2 Å². The summed E-state index contributed by atoms with van der Waals surface area (Å²) < 4.78 is 5.38. The number of hydrogen-bond donors (Lipinski definition) is 2. The molecule has 0 spiro atoms. The molecule has 1 aromatic rings. The third-order valence-electron chi connectivity index (χ3n) is 2.39. The van der Waals surface area contributed by atoms with E-state index >= 15 is 0 Å². The molecule has 4 nitrogen and oxygen atoms in total. The van der Waals surface area contributed by atoms with Crippen LogP contribution in [0.1, 0.15) is 26.3 Å². The van der Waals surface area contributed by atoms with Crippen molar-refractivity contribution in [2.75, 3.05) is 13.2 Å². The van der Waals surface area contributed by atoms with Gasteiger partial charge in [-0.05, 0) is 38.0 Å². The summed E-state index contributed by atoms with van der Waals surface area (Å²) in [5.41, 5.74) is 0.266. The standard InChI is InChI=1S/C14H21NO3/c1-4-11-6-5-7-12(8-11)18-9-13(16)15-10-14(2,3)17/h5-8,17H,4,9-10H2,1-3H3,(H,15,16). The van der Waals surface area contributed by atoms with E-state index in [1.165, 1.54) is 5.56 Å². The molecule has 0 unspecified atom stereocenters. The number of rotatable bonds is 6. The van der Waals surface area contributed by atoms with Crippen LogP contribution in [0.3, 0.4) is 0 Å². The van der Waals surface area contributed by atoms with Crippen molar-refractivity contribution in [3.8, 4) is 5.75 Å². The molecular weight excluding hydrogens is 230 g/mol. The highest BCUT2D eigenvalue weighted by molar-refractivity contribution is 5.77. The smallest absolute Gasteiger partial charge is 0.258 e.